The fourth-order valence-corrected chi connectivity index (χ4v) is 2.75. The van der Waals surface area contributed by atoms with Crippen LogP contribution in [0.4, 0.5) is 13.2 Å². The largest absolute Gasteiger partial charge is 0.416 e. The fraction of sp³-hybridized carbons (Fsp3) is 0.500. The Morgan fingerprint density at radius 2 is 1.65 bits per heavy atom. The van der Waals surface area contributed by atoms with Crippen LogP contribution in [0.5, 0.6) is 0 Å². The van der Waals surface area contributed by atoms with Gasteiger partial charge in [-0.05, 0) is 24.3 Å². The van der Waals surface area contributed by atoms with Crippen LogP contribution in [0, 0.1) is 0 Å². The zero-order valence-electron chi connectivity index (χ0n) is 10.1. The van der Waals surface area contributed by atoms with Gasteiger partial charge in [0, 0.05) is 10.6 Å². The summed E-state index contributed by atoms with van der Waals surface area (Å²) in [7, 11) is 0. The van der Waals surface area contributed by atoms with Gasteiger partial charge in [-0.25, -0.2) is 0 Å². The minimum absolute atomic E-state index is 0.209. The fourth-order valence-electron chi connectivity index (χ4n) is 1.79. The molecule has 0 radical (unpaired) electrons. The molecular weight excluding hydrogens is 297 g/mol. The molecule has 2 rings (SSSR count). The molecule has 0 aromatic heterocycles. The maximum Gasteiger partial charge on any atom is 0.416 e. The lowest BCUT2D eigenvalue weighted by atomic mass is 10.2. The molecule has 0 saturated carbocycles. The van der Waals surface area contributed by atoms with E-state index < -0.39 is 36.3 Å². The van der Waals surface area contributed by atoms with Crippen molar-refractivity contribution in [3.8, 4) is 0 Å². The van der Waals surface area contributed by atoms with Crippen LogP contribution in [0.25, 0.3) is 0 Å². The number of hydrogen-bond acceptors (Lipinski definition) is 5. The molecule has 0 spiro atoms. The number of ether oxygens (including phenoxy) is 1. The molecule has 4 unspecified atom stereocenters. The molecule has 20 heavy (non-hydrogen) atoms. The van der Waals surface area contributed by atoms with Crippen LogP contribution < -0.4 is 0 Å². The third kappa shape index (κ3) is 3.44. The van der Waals surface area contributed by atoms with Crippen LogP contribution in [0.3, 0.4) is 0 Å². The van der Waals surface area contributed by atoms with Crippen LogP contribution in [-0.2, 0) is 10.9 Å². The monoisotopic (exact) mass is 310 g/mol. The minimum Gasteiger partial charge on any atom is -0.387 e. The van der Waals surface area contributed by atoms with Crippen molar-refractivity contribution in [1.29, 1.82) is 0 Å². The Labute approximate surface area is 117 Å². The molecule has 1 fully saturated rings. The number of halogens is 3. The summed E-state index contributed by atoms with van der Waals surface area (Å²) in [6, 6.07) is 4.58. The van der Waals surface area contributed by atoms with Gasteiger partial charge >= 0.3 is 6.18 Å². The molecule has 1 aliphatic heterocycles. The maximum absolute atomic E-state index is 12.4. The molecular formula is C12H13F3O4S. The lowest BCUT2D eigenvalue weighted by Crippen LogP contribution is -2.33. The van der Waals surface area contributed by atoms with E-state index in [4.69, 9.17) is 4.74 Å². The topological polar surface area (TPSA) is 69.9 Å². The van der Waals surface area contributed by atoms with Crippen molar-refractivity contribution in [3.63, 3.8) is 0 Å². The standard InChI is InChI=1S/C12H13F3O4S/c13-12(14,15)6-1-3-7(4-2-6)20-5-8-9(16)10(17)11(18)19-8/h1-4,8-11,16-18H,5H2. The van der Waals surface area contributed by atoms with Crippen molar-refractivity contribution >= 4 is 11.8 Å². The number of alkyl halides is 3. The highest BCUT2D eigenvalue weighted by atomic mass is 32.2. The van der Waals surface area contributed by atoms with Gasteiger partial charge in [-0.3, -0.25) is 0 Å². The van der Waals surface area contributed by atoms with Crippen LogP contribution in [-0.4, -0.2) is 45.7 Å². The quantitative estimate of drug-likeness (QED) is 0.733. The predicted octanol–water partition coefficient (Wildman–Crippen LogP) is 1.24. The van der Waals surface area contributed by atoms with E-state index in [1.807, 2.05) is 0 Å². The third-order valence-corrected chi connectivity index (χ3v) is 4.03. The van der Waals surface area contributed by atoms with E-state index in [1.54, 1.807) is 0 Å². The highest BCUT2D eigenvalue weighted by molar-refractivity contribution is 7.99. The van der Waals surface area contributed by atoms with E-state index in [-0.39, 0.29) is 5.75 Å². The molecule has 112 valence electrons. The van der Waals surface area contributed by atoms with Gasteiger partial charge in [0.05, 0.1) is 11.7 Å². The van der Waals surface area contributed by atoms with Crippen molar-refractivity contribution in [3.05, 3.63) is 29.8 Å². The van der Waals surface area contributed by atoms with Crippen LogP contribution in [0.15, 0.2) is 29.2 Å². The van der Waals surface area contributed by atoms with Crippen LogP contribution >= 0.6 is 11.8 Å². The Morgan fingerprint density at radius 3 is 2.10 bits per heavy atom. The van der Waals surface area contributed by atoms with Gasteiger partial charge in [0.15, 0.2) is 6.29 Å². The molecule has 1 saturated heterocycles. The van der Waals surface area contributed by atoms with Gasteiger partial charge in [-0.1, -0.05) is 0 Å². The number of benzene rings is 1. The summed E-state index contributed by atoms with van der Waals surface area (Å²) >= 11 is 1.17. The van der Waals surface area contributed by atoms with Crippen LogP contribution in [0.1, 0.15) is 5.56 Å². The second kappa shape index (κ2) is 5.90. The van der Waals surface area contributed by atoms with Gasteiger partial charge in [-0.2, -0.15) is 13.2 Å². The Hall–Kier alpha value is -0.800. The van der Waals surface area contributed by atoms with Crippen molar-refractivity contribution in [1.82, 2.24) is 0 Å². The highest BCUT2D eigenvalue weighted by Crippen LogP contribution is 2.32. The summed E-state index contributed by atoms with van der Waals surface area (Å²) in [5, 5.41) is 28.1. The summed E-state index contributed by atoms with van der Waals surface area (Å²) < 4.78 is 42.1. The predicted molar refractivity (Wildman–Crippen MR) is 65.1 cm³/mol. The van der Waals surface area contributed by atoms with E-state index in [2.05, 4.69) is 0 Å². The molecule has 4 atom stereocenters. The molecule has 1 aromatic carbocycles. The Morgan fingerprint density at radius 1 is 1.05 bits per heavy atom. The van der Waals surface area contributed by atoms with E-state index in [1.165, 1.54) is 23.9 Å². The lowest BCUT2D eigenvalue weighted by molar-refractivity contribution is -0.137. The SMILES string of the molecule is OC1OC(CSc2ccc(C(F)(F)F)cc2)C(O)C1O. The minimum atomic E-state index is -4.37. The van der Waals surface area contributed by atoms with E-state index >= 15 is 0 Å². The van der Waals surface area contributed by atoms with E-state index in [0.29, 0.717) is 4.90 Å². The first kappa shape index (κ1) is 15.6. The number of thioether (sulfide) groups is 1. The van der Waals surface area contributed by atoms with Crippen LogP contribution in [0.2, 0.25) is 0 Å². The smallest absolute Gasteiger partial charge is 0.387 e. The average Bonchev–Trinajstić information content (AvgIpc) is 2.63. The molecule has 4 nitrogen and oxygen atoms in total. The molecule has 8 heteroatoms. The van der Waals surface area contributed by atoms with Gasteiger partial charge in [0.1, 0.15) is 12.2 Å². The normalized spacial score (nSPS) is 30.7. The molecule has 3 N–H and O–H groups in total. The molecule has 0 aliphatic carbocycles. The number of aliphatic hydroxyl groups is 3. The molecule has 0 bridgehead atoms. The zero-order valence-corrected chi connectivity index (χ0v) is 10.9. The highest BCUT2D eigenvalue weighted by Gasteiger charge is 2.41. The maximum atomic E-state index is 12.4. The van der Waals surface area contributed by atoms with Gasteiger partial charge < -0.3 is 20.1 Å². The van der Waals surface area contributed by atoms with Gasteiger partial charge in [-0.15, -0.1) is 11.8 Å². The van der Waals surface area contributed by atoms with Gasteiger partial charge in [0.25, 0.3) is 0 Å². The zero-order chi connectivity index (χ0) is 14.9. The van der Waals surface area contributed by atoms with E-state index in [0.717, 1.165) is 12.1 Å². The first-order chi connectivity index (χ1) is 9.29. The lowest BCUT2D eigenvalue weighted by Gasteiger charge is -2.14. The summed E-state index contributed by atoms with van der Waals surface area (Å²) in [6.45, 7) is 0. The average molecular weight is 310 g/mol. The van der Waals surface area contributed by atoms with E-state index in [9.17, 15) is 28.5 Å². The molecule has 1 aromatic rings. The summed E-state index contributed by atoms with van der Waals surface area (Å²) in [4.78, 5) is 0.574. The van der Waals surface area contributed by atoms with Crippen molar-refractivity contribution < 1.29 is 33.2 Å². The Bertz CT molecular complexity index is 451. The molecule has 1 heterocycles. The van der Waals surface area contributed by atoms with Crippen molar-refractivity contribution in [2.24, 2.45) is 0 Å². The summed E-state index contributed by atoms with van der Waals surface area (Å²) in [5.41, 5.74) is -0.732. The third-order valence-electron chi connectivity index (χ3n) is 2.93. The van der Waals surface area contributed by atoms with Gasteiger partial charge in [0.2, 0.25) is 0 Å². The summed E-state index contributed by atoms with van der Waals surface area (Å²) in [5.74, 6) is 0.209. The van der Waals surface area contributed by atoms with Crippen molar-refractivity contribution in [2.45, 2.75) is 35.7 Å². The number of aliphatic hydroxyl groups excluding tert-OH is 3. The summed E-state index contributed by atoms with van der Waals surface area (Å²) in [6.07, 6.45) is -9.17. The first-order valence-corrected chi connectivity index (χ1v) is 6.77. The molecule has 0 amide bonds. The number of hydrogen-bond donors (Lipinski definition) is 3. The first-order valence-electron chi connectivity index (χ1n) is 5.79. The molecule has 1 aliphatic rings. The second-order valence-electron chi connectivity index (χ2n) is 4.38. The second-order valence-corrected chi connectivity index (χ2v) is 5.47. The Kier molecular flexibility index (Phi) is 4.60. The number of rotatable bonds is 3. The van der Waals surface area contributed by atoms with Crippen molar-refractivity contribution in [2.75, 3.05) is 5.75 Å². The Balaban J connectivity index is 1.92.